The van der Waals surface area contributed by atoms with E-state index in [2.05, 4.69) is 41.5 Å². The number of nitrogens with zero attached hydrogens (tertiary/aromatic N) is 3. The van der Waals surface area contributed by atoms with Crippen LogP contribution in [-0.2, 0) is 6.54 Å². The topological polar surface area (TPSA) is 54.2 Å². The second-order valence-corrected chi connectivity index (χ2v) is 4.66. The zero-order valence-corrected chi connectivity index (χ0v) is 11.7. The summed E-state index contributed by atoms with van der Waals surface area (Å²) >= 11 is 0. The summed E-state index contributed by atoms with van der Waals surface area (Å²) in [5.41, 5.74) is 0. The van der Waals surface area contributed by atoms with Crippen LogP contribution in [0.3, 0.4) is 0 Å². The number of nitrogens with one attached hydrogen (secondary N) is 2. The molecule has 0 aliphatic carbocycles. The first-order chi connectivity index (χ1) is 8.72. The Balaban J connectivity index is 2.22. The van der Waals surface area contributed by atoms with Crippen LogP contribution >= 0.6 is 0 Å². The summed E-state index contributed by atoms with van der Waals surface area (Å²) in [5, 5.41) is 10.8. The summed E-state index contributed by atoms with van der Waals surface area (Å²) < 4.78 is 1.94. The quantitative estimate of drug-likeness (QED) is 0.438. The molecule has 1 aromatic rings. The zero-order valence-electron chi connectivity index (χ0n) is 11.7. The molecule has 1 aromatic heterocycles. The van der Waals surface area contributed by atoms with Crippen LogP contribution in [0.25, 0.3) is 0 Å². The van der Waals surface area contributed by atoms with Gasteiger partial charge < -0.3 is 10.6 Å². The Bertz CT molecular complexity index is 329. The predicted molar refractivity (Wildman–Crippen MR) is 75.7 cm³/mol. The van der Waals surface area contributed by atoms with Crippen LogP contribution in [0.4, 0.5) is 0 Å². The molecule has 0 radical (unpaired) electrons. The van der Waals surface area contributed by atoms with Crippen molar-refractivity contribution in [3.8, 4) is 0 Å². The fourth-order valence-electron chi connectivity index (χ4n) is 1.50. The minimum Gasteiger partial charge on any atom is -0.357 e. The number of hydrogen-bond acceptors (Lipinski definition) is 2. The first-order valence-electron chi connectivity index (χ1n) is 6.72. The number of aryl methyl sites for hydroxylation is 1. The average Bonchev–Trinajstić information content (AvgIpc) is 2.84. The lowest BCUT2D eigenvalue weighted by Gasteiger charge is -2.11. The van der Waals surface area contributed by atoms with E-state index in [9.17, 15) is 0 Å². The van der Waals surface area contributed by atoms with Crippen molar-refractivity contribution >= 4 is 5.96 Å². The summed E-state index contributed by atoms with van der Waals surface area (Å²) in [6.07, 6.45) is 4.83. The van der Waals surface area contributed by atoms with E-state index in [1.54, 1.807) is 0 Å². The Morgan fingerprint density at radius 3 is 2.83 bits per heavy atom. The molecule has 18 heavy (non-hydrogen) atoms. The highest BCUT2D eigenvalue weighted by molar-refractivity contribution is 5.79. The largest absolute Gasteiger partial charge is 0.357 e. The van der Waals surface area contributed by atoms with Gasteiger partial charge in [-0.25, -0.2) is 0 Å². The van der Waals surface area contributed by atoms with Crippen LogP contribution in [0.15, 0.2) is 23.5 Å². The van der Waals surface area contributed by atoms with Crippen LogP contribution in [-0.4, -0.2) is 35.4 Å². The van der Waals surface area contributed by atoms with Crippen LogP contribution in [0.1, 0.15) is 27.2 Å². The second-order valence-electron chi connectivity index (χ2n) is 4.66. The summed E-state index contributed by atoms with van der Waals surface area (Å²) in [4.78, 5) is 4.52. The van der Waals surface area contributed by atoms with Gasteiger partial charge in [-0.1, -0.05) is 13.8 Å². The van der Waals surface area contributed by atoms with Gasteiger partial charge >= 0.3 is 0 Å². The molecule has 0 bridgehead atoms. The van der Waals surface area contributed by atoms with Gasteiger partial charge in [-0.3, -0.25) is 9.67 Å². The molecule has 0 aliphatic rings. The molecule has 0 saturated carbocycles. The highest BCUT2D eigenvalue weighted by Gasteiger charge is 1.98. The number of aromatic nitrogens is 2. The number of guanidine groups is 1. The third kappa shape index (κ3) is 6.27. The van der Waals surface area contributed by atoms with Gasteiger partial charge in [0.15, 0.2) is 5.96 Å². The standard InChI is InChI=1S/C13H25N5/c1-4-14-13(16-11-12(2)3)15-7-5-9-18-10-6-8-17-18/h6,8,10,12H,4-5,7,9,11H2,1-3H3,(H2,14,15,16). The van der Waals surface area contributed by atoms with Crippen molar-refractivity contribution in [3.05, 3.63) is 18.5 Å². The maximum absolute atomic E-state index is 4.52. The summed E-state index contributed by atoms with van der Waals surface area (Å²) in [6.45, 7) is 10.0. The Morgan fingerprint density at radius 1 is 1.39 bits per heavy atom. The lowest BCUT2D eigenvalue weighted by Crippen LogP contribution is -2.38. The van der Waals surface area contributed by atoms with Crippen LogP contribution in [0, 0.1) is 5.92 Å². The number of aliphatic imine (C=N–C) groups is 1. The van der Waals surface area contributed by atoms with Gasteiger partial charge in [-0.2, -0.15) is 5.10 Å². The Morgan fingerprint density at radius 2 is 2.22 bits per heavy atom. The molecule has 5 heteroatoms. The van der Waals surface area contributed by atoms with Crippen molar-refractivity contribution in [2.75, 3.05) is 19.6 Å². The van der Waals surface area contributed by atoms with E-state index in [0.29, 0.717) is 5.92 Å². The molecule has 1 heterocycles. The Labute approximate surface area is 110 Å². The summed E-state index contributed by atoms with van der Waals surface area (Å²) in [5.74, 6) is 1.50. The summed E-state index contributed by atoms with van der Waals surface area (Å²) in [6, 6.07) is 1.95. The van der Waals surface area contributed by atoms with Gasteiger partial charge in [0.2, 0.25) is 0 Å². The van der Waals surface area contributed by atoms with E-state index in [1.165, 1.54) is 0 Å². The molecule has 1 rings (SSSR count). The first-order valence-corrected chi connectivity index (χ1v) is 6.72. The molecule has 102 valence electrons. The molecule has 0 aliphatic heterocycles. The highest BCUT2D eigenvalue weighted by Crippen LogP contribution is 1.92. The normalized spacial score (nSPS) is 11.9. The molecular weight excluding hydrogens is 226 g/mol. The lowest BCUT2D eigenvalue weighted by atomic mass is 10.2. The molecule has 5 nitrogen and oxygen atoms in total. The summed E-state index contributed by atoms with van der Waals surface area (Å²) in [7, 11) is 0. The van der Waals surface area contributed by atoms with Crippen molar-refractivity contribution in [2.24, 2.45) is 10.9 Å². The Kier molecular flexibility index (Phi) is 6.91. The van der Waals surface area contributed by atoms with Crippen LogP contribution in [0.5, 0.6) is 0 Å². The smallest absolute Gasteiger partial charge is 0.191 e. The van der Waals surface area contributed by atoms with Gasteiger partial charge in [0.1, 0.15) is 0 Å². The molecule has 0 spiro atoms. The van der Waals surface area contributed by atoms with E-state index >= 15 is 0 Å². The molecule has 2 N–H and O–H groups in total. The van der Waals surface area contributed by atoms with Crippen molar-refractivity contribution in [1.29, 1.82) is 0 Å². The monoisotopic (exact) mass is 251 g/mol. The van der Waals surface area contributed by atoms with E-state index in [1.807, 2.05) is 23.1 Å². The molecular formula is C13H25N5. The number of hydrogen-bond donors (Lipinski definition) is 2. The van der Waals surface area contributed by atoms with Gasteiger partial charge in [0.25, 0.3) is 0 Å². The second kappa shape index (κ2) is 8.55. The zero-order chi connectivity index (χ0) is 13.2. The number of rotatable bonds is 7. The maximum atomic E-state index is 4.52. The SMILES string of the molecule is CCNC(=NCC(C)C)NCCCn1cccn1. The average molecular weight is 251 g/mol. The molecule has 0 fully saturated rings. The fourth-order valence-corrected chi connectivity index (χ4v) is 1.50. The molecule has 0 amide bonds. The van der Waals surface area contributed by atoms with Crippen molar-refractivity contribution < 1.29 is 0 Å². The minimum absolute atomic E-state index is 0.588. The van der Waals surface area contributed by atoms with Crippen molar-refractivity contribution in [2.45, 2.75) is 33.7 Å². The highest BCUT2D eigenvalue weighted by atomic mass is 15.3. The third-order valence-corrected chi connectivity index (χ3v) is 2.37. The van der Waals surface area contributed by atoms with E-state index in [-0.39, 0.29) is 0 Å². The maximum Gasteiger partial charge on any atom is 0.191 e. The van der Waals surface area contributed by atoms with Crippen LogP contribution < -0.4 is 10.6 Å². The molecule has 0 atom stereocenters. The van der Waals surface area contributed by atoms with Gasteiger partial charge in [0.05, 0.1) is 0 Å². The van der Waals surface area contributed by atoms with Crippen molar-refractivity contribution in [1.82, 2.24) is 20.4 Å². The Hall–Kier alpha value is -1.52. The van der Waals surface area contributed by atoms with Gasteiger partial charge in [-0.05, 0) is 25.3 Å². The first kappa shape index (κ1) is 14.5. The van der Waals surface area contributed by atoms with Crippen LogP contribution in [0.2, 0.25) is 0 Å². The third-order valence-electron chi connectivity index (χ3n) is 2.37. The van der Waals surface area contributed by atoms with Crippen molar-refractivity contribution in [3.63, 3.8) is 0 Å². The van der Waals surface area contributed by atoms with Gasteiger partial charge in [-0.15, -0.1) is 0 Å². The molecule has 0 unspecified atom stereocenters. The van der Waals surface area contributed by atoms with E-state index in [0.717, 1.165) is 38.6 Å². The van der Waals surface area contributed by atoms with E-state index < -0.39 is 0 Å². The predicted octanol–water partition coefficient (Wildman–Crippen LogP) is 1.48. The van der Waals surface area contributed by atoms with E-state index in [4.69, 9.17) is 0 Å². The lowest BCUT2D eigenvalue weighted by molar-refractivity contribution is 0.569. The van der Waals surface area contributed by atoms with Gasteiger partial charge in [0, 0.05) is 38.6 Å². The molecule has 0 aromatic carbocycles. The molecule has 0 saturated heterocycles. The minimum atomic E-state index is 0.588. The fraction of sp³-hybridized carbons (Fsp3) is 0.692.